The number of allylic oxidation sites excluding steroid dienone is 3. The van der Waals surface area contributed by atoms with Gasteiger partial charge in [0.15, 0.2) is 0 Å². The molecule has 0 heterocycles. The zero-order valence-electron chi connectivity index (χ0n) is 10.7. The Morgan fingerprint density at radius 3 is 2.69 bits per heavy atom. The van der Waals surface area contributed by atoms with Gasteiger partial charge < -0.3 is 0 Å². The van der Waals surface area contributed by atoms with E-state index >= 15 is 0 Å². The molecule has 2 atom stereocenters. The molecule has 1 saturated carbocycles. The minimum atomic E-state index is 0.0331. The average Bonchev–Trinajstić information content (AvgIpc) is 2.19. The van der Waals surface area contributed by atoms with Gasteiger partial charge in [0, 0.05) is 17.8 Å². The van der Waals surface area contributed by atoms with E-state index in [2.05, 4.69) is 39.5 Å². The summed E-state index contributed by atoms with van der Waals surface area (Å²) in [5.74, 6) is 0.677. The Balaban J connectivity index is 2.39. The molecule has 1 nitrogen and oxygen atoms in total. The van der Waals surface area contributed by atoms with E-state index < -0.39 is 0 Å². The van der Waals surface area contributed by atoms with Crippen LogP contribution in [0.5, 0.6) is 0 Å². The molecule has 2 aliphatic rings. The largest absolute Gasteiger partial charge is 0.299 e. The first-order chi connectivity index (χ1) is 7.39. The van der Waals surface area contributed by atoms with Crippen molar-refractivity contribution in [3.8, 4) is 0 Å². The van der Waals surface area contributed by atoms with E-state index in [1.54, 1.807) is 0 Å². The zero-order valence-corrected chi connectivity index (χ0v) is 10.7. The SMILES string of the molecule is C=C1CC=CC(C)(C)[C@@]12CC[C@H](C)C(=O)C2. The molecule has 2 aliphatic carbocycles. The van der Waals surface area contributed by atoms with E-state index in [0.29, 0.717) is 12.2 Å². The molecule has 0 unspecified atom stereocenters. The number of ketones is 1. The second-order valence-electron chi connectivity index (χ2n) is 6.10. The maximum atomic E-state index is 12.0. The Morgan fingerprint density at radius 1 is 1.44 bits per heavy atom. The third-order valence-corrected chi connectivity index (χ3v) is 4.84. The van der Waals surface area contributed by atoms with Crippen LogP contribution in [0, 0.1) is 16.7 Å². The van der Waals surface area contributed by atoms with Crippen molar-refractivity contribution in [2.45, 2.75) is 46.5 Å². The summed E-state index contributed by atoms with van der Waals surface area (Å²) in [5, 5.41) is 0. The van der Waals surface area contributed by atoms with Crippen LogP contribution in [0.15, 0.2) is 24.3 Å². The number of carbonyl (C=O) groups is 1. The Bertz CT molecular complexity index is 362. The van der Waals surface area contributed by atoms with Crippen LogP contribution >= 0.6 is 0 Å². The van der Waals surface area contributed by atoms with Crippen molar-refractivity contribution < 1.29 is 4.79 Å². The first-order valence-corrected chi connectivity index (χ1v) is 6.28. The van der Waals surface area contributed by atoms with E-state index in [1.165, 1.54) is 5.57 Å². The summed E-state index contributed by atoms with van der Waals surface area (Å²) in [6.07, 6.45) is 8.28. The van der Waals surface area contributed by atoms with Gasteiger partial charge in [0.05, 0.1) is 0 Å². The summed E-state index contributed by atoms with van der Waals surface area (Å²) < 4.78 is 0. The molecule has 0 amide bonds. The summed E-state index contributed by atoms with van der Waals surface area (Å²) >= 11 is 0. The van der Waals surface area contributed by atoms with Crippen LogP contribution in [0.1, 0.15) is 46.5 Å². The molecule has 0 aromatic carbocycles. The molecule has 0 aromatic rings. The Hall–Kier alpha value is -0.850. The Labute approximate surface area is 98.6 Å². The molecule has 1 fully saturated rings. The fourth-order valence-corrected chi connectivity index (χ4v) is 3.34. The van der Waals surface area contributed by atoms with Crippen molar-refractivity contribution in [3.05, 3.63) is 24.3 Å². The standard InChI is InChI=1S/C15H22O/c1-11-7-9-15(10-13(11)16)12(2)6-5-8-14(15,3)4/h5,8,11H,2,6-7,9-10H2,1,3-4H3/t11-,15+/m0/s1. The van der Waals surface area contributed by atoms with Crippen LogP contribution in [0.2, 0.25) is 0 Å². The lowest BCUT2D eigenvalue weighted by molar-refractivity contribution is -0.129. The molecule has 0 N–H and O–H groups in total. The van der Waals surface area contributed by atoms with Gasteiger partial charge in [-0.15, -0.1) is 0 Å². The van der Waals surface area contributed by atoms with Gasteiger partial charge in [-0.2, -0.15) is 0 Å². The third-order valence-electron chi connectivity index (χ3n) is 4.84. The number of carbonyl (C=O) groups excluding carboxylic acids is 1. The van der Waals surface area contributed by atoms with Crippen LogP contribution in [0.25, 0.3) is 0 Å². The smallest absolute Gasteiger partial charge is 0.136 e. The number of Topliss-reactive ketones (excluding diaryl/α,β-unsaturated/α-hetero) is 1. The molecule has 0 aliphatic heterocycles. The highest BCUT2D eigenvalue weighted by atomic mass is 16.1. The highest BCUT2D eigenvalue weighted by molar-refractivity contribution is 5.83. The van der Waals surface area contributed by atoms with Crippen molar-refractivity contribution in [1.29, 1.82) is 0 Å². The second kappa shape index (κ2) is 3.58. The molecule has 16 heavy (non-hydrogen) atoms. The first kappa shape index (κ1) is 11.6. The van der Waals surface area contributed by atoms with Gasteiger partial charge in [0.2, 0.25) is 0 Å². The Morgan fingerprint density at radius 2 is 2.12 bits per heavy atom. The molecule has 0 aromatic heterocycles. The topological polar surface area (TPSA) is 17.1 Å². The highest BCUT2D eigenvalue weighted by Gasteiger charge is 2.50. The molecular formula is C15H22O. The molecule has 0 radical (unpaired) electrons. The van der Waals surface area contributed by atoms with E-state index in [-0.39, 0.29) is 16.7 Å². The normalized spacial score (nSPS) is 38.1. The van der Waals surface area contributed by atoms with Crippen LogP contribution < -0.4 is 0 Å². The number of hydrogen-bond acceptors (Lipinski definition) is 1. The van der Waals surface area contributed by atoms with Crippen molar-refractivity contribution >= 4 is 5.78 Å². The Kier molecular flexibility index (Phi) is 2.60. The van der Waals surface area contributed by atoms with E-state index in [4.69, 9.17) is 0 Å². The summed E-state index contributed by atoms with van der Waals surface area (Å²) in [7, 11) is 0. The highest BCUT2D eigenvalue weighted by Crippen LogP contribution is 2.57. The van der Waals surface area contributed by atoms with Gasteiger partial charge in [-0.25, -0.2) is 0 Å². The maximum absolute atomic E-state index is 12.0. The van der Waals surface area contributed by atoms with Crippen LogP contribution in [0.4, 0.5) is 0 Å². The van der Waals surface area contributed by atoms with E-state index in [1.807, 2.05) is 0 Å². The van der Waals surface area contributed by atoms with Gasteiger partial charge in [-0.05, 0) is 24.7 Å². The van der Waals surface area contributed by atoms with Crippen LogP contribution in [-0.2, 0) is 4.79 Å². The summed E-state index contributed by atoms with van der Waals surface area (Å²) in [4.78, 5) is 12.0. The van der Waals surface area contributed by atoms with E-state index in [9.17, 15) is 4.79 Å². The first-order valence-electron chi connectivity index (χ1n) is 6.28. The van der Waals surface area contributed by atoms with Gasteiger partial charge in [-0.1, -0.05) is 45.1 Å². The maximum Gasteiger partial charge on any atom is 0.136 e. The lowest BCUT2D eigenvalue weighted by Gasteiger charge is -2.52. The van der Waals surface area contributed by atoms with Gasteiger partial charge in [0.25, 0.3) is 0 Å². The van der Waals surface area contributed by atoms with Gasteiger partial charge in [0.1, 0.15) is 5.78 Å². The third kappa shape index (κ3) is 1.49. The van der Waals surface area contributed by atoms with Crippen molar-refractivity contribution in [2.24, 2.45) is 16.7 Å². The summed E-state index contributed by atoms with van der Waals surface area (Å²) in [5.41, 5.74) is 1.38. The molecule has 1 heteroatoms. The van der Waals surface area contributed by atoms with Crippen LogP contribution in [-0.4, -0.2) is 5.78 Å². The monoisotopic (exact) mass is 218 g/mol. The fourth-order valence-electron chi connectivity index (χ4n) is 3.34. The molecular weight excluding hydrogens is 196 g/mol. The second-order valence-corrected chi connectivity index (χ2v) is 6.10. The van der Waals surface area contributed by atoms with Crippen molar-refractivity contribution in [3.63, 3.8) is 0 Å². The van der Waals surface area contributed by atoms with E-state index in [0.717, 1.165) is 19.3 Å². The van der Waals surface area contributed by atoms with Crippen molar-refractivity contribution in [2.75, 3.05) is 0 Å². The average molecular weight is 218 g/mol. The zero-order chi connectivity index (χ0) is 12.0. The predicted molar refractivity (Wildman–Crippen MR) is 67.1 cm³/mol. The minimum absolute atomic E-state index is 0.0331. The predicted octanol–water partition coefficient (Wildman–Crippen LogP) is 3.90. The lowest BCUT2D eigenvalue weighted by Crippen LogP contribution is -2.45. The number of hydrogen-bond donors (Lipinski definition) is 0. The lowest BCUT2D eigenvalue weighted by atomic mass is 9.52. The van der Waals surface area contributed by atoms with Crippen LogP contribution in [0.3, 0.4) is 0 Å². The quantitative estimate of drug-likeness (QED) is 0.563. The molecule has 0 saturated heterocycles. The van der Waals surface area contributed by atoms with Crippen molar-refractivity contribution in [1.82, 2.24) is 0 Å². The fraction of sp³-hybridized carbons (Fsp3) is 0.667. The molecule has 1 spiro atoms. The minimum Gasteiger partial charge on any atom is -0.299 e. The molecule has 0 bridgehead atoms. The summed E-state index contributed by atoms with van der Waals surface area (Å²) in [6.45, 7) is 10.8. The number of rotatable bonds is 0. The van der Waals surface area contributed by atoms with Gasteiger partial charge in [-0.3, -0.25) is 4.79 Å². The van der Waals surface area contributed by atoms with Gasteiger partial charge >= 0.3 is 0 Å². The molecule has 88 valence electrons. The summed E-state index contributed by atoms with van der Waals surface area (Å²) in [6, 6.07) is 0. The molecule has 2 rings (SSSR count).